The first kappa shape index (κ1) is 23.3. The minimum Gasteiger partial charge on any atom is -0.466 e. The second-order valence-electron chi connectivity index (χ2n) is 7.65. The van der Waals surface area contributed by atoms with Crippen LogP contribution in [0.4, 0.5) is 5.82 Å². The quantitative estimate of drug-likeness (QED) is 0.489. The second-order valence-corrected chi connectivity index (χ2v) is 8.47. The maximum absolute atomic E-state index is 13.1. The number of anilines is 1. The minimum absolute atomic E-state index is 0.190. The Morgan fingerprint density at radius 1 is 1.12 bits per heavy atom. The van der Waals surface area contributed by atoms with E-state index in [0.29, 0.717) is 60.6 Å². The van der Waals surface area contributed by atoms with Crippen molar-refractivity contribution in [1.82, 2.24) is 24.5 Å². The first-order valence-corrected chi connectivity index (χ1v) is 11.5. The highest BCUT2D eigenvalue weighted by Crippen LogP contribution is 2.29. The number of hydrogen-bond donors (Lipinski definition) is 0. The molecule has 0 unspecified atom stereocenters. The van der Waals surface area contributed by atoms with E-state index in [2.05, 4.69) is 20.0 Å². The van der Waals surface area contributed by atoms with Gasteiger partial charge >= 0.3 is 5.97 Å². The molecule has 1 aromatic carbocycles. The lowest BCUT2D eigenvalue weighted by Crippen LogP contribution is -2.49. The van der Waals surface area contributed by atoms with E-state index in [9.17, 15) is 9.59 Å². The van der Waals surface area contributed by atoms with Gasteiger partial charge in [0.15, 0.2) is 0 Å². The third-order valence-electron chi connectivity index (χ3n) is 5.63. The number of esters is 1. The zero-order valence-electron chi connectivity index (χ0n) is 18.4. The second kappa shape index (κ2) is 9.93. The largest absolute Gasteiger partial charge is 0.466 e. The van der Waals surface area contributed by atoms with E-state index in [1.54, 1.807) is 34.5 Å². The fraction of sp³-hybridized carbons (Fsp3) is 0.409. The molecule has 2 aromatic heterocycles. The van der Waals surface area contributed by atoms with E-state index < -0.39 is 0 Å². The number of fused-ring (bicyclic) bond motifs is 1. The SMILES string of the molecule is CCOC(=O)CCc1c(C)nc2ncnn2c1N1CCN(C(=O)c2c(Cl)cccc2Cl)CC1. The highest BCUT2D eigenvalue weighted by atomic mass is 35.5. The molecule has 0 saturated carbocycles. The van der Waals surface area contributed by atoms with Gasteiger partial charge in [-0.25, -0.2) is 4.98 Å². The van der Waals surface area contributed by atoms with Crippen LogP contribution in [0.5, 0.6) is 0 Å². The Morgan fingerprint density at radius 2 is 1.82 bits per heavy atom. The maximum atomic E-state index is 13.1. The lowest BCUT2D eigenvalue weighted by Gasteiger charge is -2.37. The van der Waals surface area contributed by atoms with E-state index >= 15 is 0 Å². The normalized spacial score (nSPS) is 14.1. The van der Waals surface area contributed by atoms with Gasteiger partial charge < -0.3 is 14.5 Å². The summed E-state index contributed by atoms with van der Waals surface area (Å²) >= 11 is 12.5. The number of nitrogens with zero attached hydrogens (tertiary/aromatic N) is 6. The lowest BCUT2D eigenvalue weighted by molar-refractivity contribution is -0.143. The summed E-state index contributed by atoms with van der Waals surface area (Å²) in [5, 5.41) is 5.03. The Hall–Kier alpha value is -2.91. The van der Waals surface area contributed by atoms with Crippen molar-refractivity contribution >= 4 is 46.7 Å². The summed E-state index contributed by atoms with van der Waals surface area (Å²) in [7, 11) is 0. The molecule has 9 nitrogen and oxygen atoms in total. The van der Waals surface area contributed by atoms with Crippen molar-refractivity contribution in [1.29, 1.82) is 0 Å². The first-order chi connectivity index (χ1) is 15.9. The molecular formula is C22H24Cl2N6O3. The van der Waals surface area contributed by atoms with Gasteiger partial charge in [-0.1, -0.05) is 29.3 Å². The average Bonchev–Trinajstić information content (AvgIpc) is 3.25. The summed E-state index contributed by atoms with van der Waals surface area (Å²) in [6.07, 6.45) is 2.17. The van der Waals surface area contributed by atoms with Gasteiger partial charge in [0.05, 0.1) is 22.2 Å². The number of hydrogen-bond acceptors (Lipinski definition) is 7. The van der Waals surface area contributed by atoms with Gasteiger partial charge in [0.2, 0.25) is 0 Å². The molecule has 1 saturated heterocycles. The van der Waals surface area contributed by atoms with E-state index in [1.807, 2.05) is 6.92 Å². The number of rotatable bonds is 6. The predicted molar refractivity (Wildman–Crippen MR) is 125 cm³/mol. The Kier molecular flexibility index (Phi) is 6.99. The van der Waals surface area contributed by atoms with Crippen LogP contribution in [0.2, 0.25) is 10.0 Å². The first-order valence-electron chi connectivity index (χ1n) is 10.7. The molecule has 0 spiro atoms. The van der Waals surface area contributed by atoms with Gasteiger partial charge in [-0.2, -0.15) is 14.6 Å². The topological polar surface area (TPSA) is 92.9 Å². The van der Waals surface area contributed by atoms with Gasteiger partial charge in [-0.05, 0) is 32.4 Å². The minimum atomic E-state index is -0.256. The van der Waals surface area contributed by atoms with Gasteiger partial charge in [-0.3, -0.25) is 9.59 Å². The predicted octanol–water partition coefficient (Wildman–Crippen LogP) is 3.20. The smallest absolute Gasteiger partial charge is 0.306 e. The number of benzene rings is 1. The van der Waals surface area contributed by atoms with Crippen LogP contribution in [0, 0.1) is 6.92 Å². The van der Waals surface area contributed by atoms with Crippen molar-refractivity contribution in [3.05, 3.63) is 51.4 Å². The Labute approximate surface area is 201 Å². The molecule has 0 radical (unpaired) electrons. The molecule has 174 valence electrons. The summed E-state index contributed by atoms with van der Waals surface area (Å²) in [6.45, 7) is 6.13. The molecule has 1 aliphatic heterocycles. The third kappa shape index (κ3) is 4.74. The van der Waals surface area contributed by atoms with Gasteiger partial charge in [0, 0.05) is 43.9 Å². The lowest BCUT2D eigenvalue weighted by atomic mass is 10.1. The standard InChI is InChI=1S/C22H24Cl2N6O3/c1-3-33-18(31)8-7-15-14(2)27-22-25-13-26-30(22)20(15)28-9-11-29(12-10-28)21(32)19-16(23)5-4-6-17(19)24/h4-6,13H,3,7-12H2,1-2H3. The van der Waals surface area contributed by atoms with Crippen molar-refractivity contribution < 1.29 is 14.3 Å². The van der Waals surface area contributed by atoms with Crippen molar-refractivity contribution in [2.75, 3.05) is 37.7 Å². The van der Waals surface area contributed by atoms with Crippen LogP contribution in [0.3, 0.4) is 0 Å². The molecule has 0 aliphatic carbocycles. The zero-order chi connectivity index (χ0) is 23.5. The van der Waals surface area contributed by atoms with Crippen LogP contribution in [-0.2, 0) is 16.0 Å². The van der Waals surface area contributed by atoms with Crippen molar-refractivity contribution in [3.8, 4) is 0 Å². The highest BCUT2D eigenvalue weighted by Gasteiger charge is 2.28. The van der Waals surface area contributed by atoms with Crippen LogP contribution < -0.4 is 4.90 Å². The van der Waals surface area contributed by atoms with Crippen molar-refractivity contribution in [2.45, 2.75) is 26.7 Å². The molecule has 3 heterocycles. The number of carbonyl (C=O) groups is 2. The van der Waals surface area contributed by atoms with E-state index in [-0.39, 0.29) is 18.3 Å². The van der Waals surface area contributed by atoms with Crippen LogP contribution in [0.25, 0.3) is 5.78 Å². The number of aryl methyl sites for hydroxylation is 1. The molecular weight excluding hydrogens is 467 g/mol. The van der Waals surface area contributed by atoms with E-state index in [0.717, 1.165) is 17.1 Å². The Bertz CT molecular complexity index is 1170. The van der Waals surface area contributed by atoms with Crippen molar-refractivity contribution in [2.24, 2.45) is 0 Å². The summed E-state index contributed by atoms with van der Waals surface area (Å²) in [6, 6.07) is 5.04. The molecule has 0 atom stereocenters. The number of carbonyl (C=O) groups excluding carboxylic acids is 2. The van der Waals surface area contributed by atoms with Crippen LogP contribution >= 0.6 is 23.2 Å². The molecule has 3 aromatic rings. The number of amides is 1. The van der Waals surface area contributed by atoms with Crippen LogP contribution in [0.15, 0.2) is 24.5 Å². The number of piperazine rings is 1. The van der Waals surface area contributed by atoms with Crippen LogP contribution in [-0.4, -0.2) is 69.1 Å². The monoisotopic (exact) mass is 490 g/mol. The fourth-order valence-electron chi connectivity index (χ4n) is 4.03. The Balaban J connectivity index is 1.57. The zero-order valence-corrected chi connectivity index (χ0v) is 19.9. The summed E-state index contributed by atoms with van der Waals surface area (Å²) in [5.41, 5.74) is 2.02. The van der Waals surface area contributed by atoms with Gasteiger partial charge in [0.1, 0.15) is 12.1 Å². The molecule has 1 amide bonds. The fourth-order valence-corrected chi connectivity index (χ4v) is 4.59. The highest BCUT2D eigenvalue weighted by molar-refractivity contribution is 6.39. The number of halogens is 2. The average molecular weight is 491 g/mol. The third-order valence-corrected chi connectivity index (χ3v) is 6.26. The molecule has 4 rings (SSSR count). The molecule has 1 aliphatic rings. The molecule has 33 heavy (non-hydrogen) atoms. The molecule has 0 bridgehead atoms. The van der Waals surface area contributed by atoms with E-state index in [1.165, 1.54) is 6.33 Å². The Morgan fingerprint density at radius 3 is 2.48 bits per heavy atom. The maximum Gasteiger partial charge on any atom is 0.306 e. The van der Waals surface area contributed by atoms with Crippen LogP contribution in [0.1, 0.15) is 35.0 Å². The number of aromatic nitrogens is 4. The van der Waals surface area contributed by atoms with Crippen molar-refractivity contribution in [3.63, 3.8) is 0 Å². The van der Waals surface area contributed by atoms with Gasteiger partial charge in [0.25, 0.3) is 11.7 Å². The molecule has 11 heteroatoms. The molecule has 1 fully saturated rings. The van der Waals surface area contributed by atoms with Gasteiger partial charge in [-0.15, -0.1) is 0 Å². The number of ether oxygens (including phenoxy) is 1. The van der Waals surface area contributed by atoms with E-state index in [4.69, 9.17) is 27.9 Å². The summed E-state index contributed by atoms with van der Waals surface area (Å²) in [5.74, 6) is 0.879. The molecule has 0 N–H and O–H groups in total. The summed E-state index contributed by atoms with van der Waals surface area (Å²) < 4.78 is 6.78. The summed E-state index contributed by atoms with van der Waals surface area (Å²) in [4.78, 5) is 37.7.